The first-order valence-electron chi connectivity index (χ1n) is 6.70. The molecule has 2 heterocycles. The number of likely N-dealkylation sites (tertiary alicyclic amines) is 1. The number of rotatable bonds is 3. The number of piperidine rings is 1. The van der Waals surface area contributed by atoms with Crippen LogP contribution in [-0.4, -0.2) is 40.6 Å². The van der Waals surface area contributed by atoms with E-state index in [0.717, 1.165) is 19.3 Å². The SMILES string of the molecule is CCC1(CO)CCN(C(=O)c2ccc[nH]c2=O)CC1. The average molecular weight is 264 g/mol. The third-order valence-electron chi connectivity index (χ3n) is 4.25. The third-order valence-corrected chi connectivity index (χ3v) is 4.25. The first-order chi connectivity index (χ1) is 9.12. The molecule has 1 aliphatic rings. The summed E-state index contributed by atoms with van der Waals surface area (Å²) in [4.78, 5) is 28.1. The van der Waals surface area contributed by atoms with Crippen LogP contribution in [0.1, 0.15) is 36.5 Å². The number of hydrogen-bond acceptors (Lipinski definition) is 3. The van der Waals surface area contributed by atoms with Gasteiger partial charge < -0.3 is 15.0 Å². The van der Waals surface area contributed by atoms with Crippen LogP contribution < -0.4 is 5.56 Å². The molecule has 0 atom stereocenters. The zero-order chi connectivity index (χ0) is 13.9. The molecule has 0 spiro atoms. The normalized spacial score (nSPS) is 18.3. The van der Waals surface area contributed by atoms with Gasteiger partial charge in [-0.1, -0.05) is 6.92 Å². The molecule has 0 radical (unpaired) electrons. The molecule has 5 nitrogen and oxygen atoms in total. The van der Waals surface area contributed by atoms with E-state index in [2.05, 4.69) is 11.9 Å². The van der Waals surface area contributed by atoms with Crippen LogP contribution in [0.5, 0.6) is 0 Å². The minimum absolute atomic E-state index is 0.0557. The lowest BCUT2D eigenvalue weighted by Crippen LogP contribution is -2.45. The lowest BCUT2D eigenvalue weighted by Gasteiger charge is -2.40. The van der Waals surface area contributed by atoms with Gasteiger partial charge in [-0.15, -0.1) is 0 Å². The fourth-order valence-corrected chi connectivity index (χ4v) is 2.57. The number of amides is 1. The van der Waals surface area contributed by atoms with Crippen molar-refractivity contribution >= 4 is 5.91 Å². The maximum atomic E-state index is 12.3. The van der Waals surface area contributed by atoms with Gasteiger partial charge in [-0.2, -0.15) is 0 Å². The topological polar surface area (TPSA) is 73.4 Å². The van der Waals surface area contributed by atoms with Crippen molar-refractivity contribution < 1.29 is 9.90 Å². The Morgan fingerprint density at radius 1 is 1.47 bits per heavy atom. The maximum Gasteiger partial charge on any atom is 0.260 e. The summed E-state index contributed by atoms with van der Waals surface area (Å²) in [5.74, 6) is -0.218. The van der Waals surface area contributed by atoms with Gasteiger partial charge in [-0.25, -0.2) is 0 Å². The number of aromatic amines is 1. The maximum absolute atomic E-state index is 12.3. The van der Waals surface area contributed by atoms with E-state index in [9.17, 15) is 14.7 Å². The van der Waals surface area contributed by atoms with Crippen LogP contribution in [0.2, 0.25) is 0 Å². The highest BCUT2D eigenvalue weighted by Gasteiger charge is 2.34. The van der Waals surface area contributed by atoms with Crippen molar-refractivity contribution in [2.24, 2.45) is 5.41 Å². The van der Waals surface area contributed by atoms with Gasteiger partial charge in [0.25, 0.3) is 11.5 Å². The van der Waals surface area contributed by atoms with Crippen LogP contribution in [-0.2, 0) is 0 Å². The van der Waals surface area contributed by atoms with Crippen LogP contribution in [0.15, 0.2) is 23.1 Å². The van der Waals surface area contributed by atoms with Crippen LogP contribution in [0.3, 0.4) is 0 Å². The van der Waals surface area contributed by atoms with Crippen molar-refractivity contribution in [2.45, 2.75) is 26.2 Å². The molecule has 1 fully saturated rings. The molecule has 104 valence electrons. The van der Waals surface area contributed by atoms with E-state index in [1.54, 1.807) is 17.0 Å². The number of carbonyl (C=O) groups is 1. The molecule has 0 aliphatic carbocycles. The molecule has 1 amide bonds. The Labute approximate surface area is 112 Å². The predicted octanol–water partition coefficient (Wildman–Crippen LogP) is 1.000. The first kappa shape index (κ1) is 13.8. The van der Waals surface area contributed by atoms with Crippen LogP contribution >= 0.6 is 0 Å². The summed E-state index contributed by atoms with van der Waals surface area (Å²) in [6.45, 7) is 3.43. The van der Waals surface area contributed by atoms with E-state index in [0.29, 0.717) is 13.1 Å². The summed E-state index contributed by atoms with van der Waals surface area (Å²) in [7, 11) is 0. The van der Waals surface area contributed by atoms with Gasteiger partial charge in [0.2, 0.25) is 0 Å². The Morgan fingerprint density at radius 2 is 2.16 bits per heavy atom. The third kappa shape index (κ3) is 2.71. The molecule has 19 heavy (non-hydrogen) atoms. The number of carbonyl (C=O) groups excluding carboxylic acids is 1. The highest BCUT2D eigenvalue weighted by atomic mass is 16.3. The molecule has 0 saturated carbocycles. The molecule has 0 unspecified atom stereocenters. The number of aliphatic hydroxyl groups excluding tert-OH is 1. The van der Waals surface area contributed by atoms with Gasteiger partial charge >= 0.3 is 0 Å². The fraction of sp³-hybridized carbons (Fsp3) is 0.571. The minimum Gasteiger partial charge on any atom is -0.396 e. The van der Waals surface area contributed by atoms with E-state index >= 15 is 0 Å². The number of nitrogens with one attached hydrogen (secondary N) is 1. The van der Waals surface area contributed by atoms with Gasteiger partial charge in [0.05, 0.1) is 0 Å². The largest absolute Gasteiger partial charge is 0.396 e. The zero-order valence-electron chi connectivity index (χ0n) is 11.2. The fourth-order valence-electron chi connectivity index (χ4n) is 2.57. The van der Waals surface area contributed by atoms with E-state index < -0.39 is 0 Å². The van der Waals surface area contributed by atoms with Crippen molar-refractivity contribution in [2.75, 3.05) is 19.7 Å². The Morgan fingerprint density at radius 3 is 2.68 bits per heavy atom. The summed E-state index contributed by atoms with van der Waals surface area (Å²) in [6.07, 6.45) is 4.01. The summed E-state index contributed by atoms with van der Waals surface area (Å²) < 4.78 is 0. The van der Waals surface area contributed by atoms with Gasteiger partial charge in [0.1, 0.15) is 5.56 Å². The Bertz CT molecular complexity index is 495. The smallest absolute Gasteiger partial charge is 0.260 e. The lowest BCUT2D eigenvalue weighted by atomic mass is 9.77. The van der Waals surface area contributed by atoms with Crippen LogP contribution in [0, 0.1) is 5.41 Å². The number of H-pyrrole nitrogens is 1. The molecular weight excluding hydrogens is 244 g/mol. The molecule has 1 aromatic rings. The van der Waals surface area contributed by atoms with Crippen molar-refractivity contribution in [3.05, 3.63) is 34.2 Å². The Kier molecular flexibility index (Phi) is 4.04. The second-order valence-corrected chi connectivity index (χ2v) is 5.22. The van der Waals surface area contributed by atoms with Crippen molar-refractivity contribution in [3.8, 4) is 0 Å². The second kappa shape index (κ2) is 5.57. The van der Waals surface area contributed by atoms with Gasteiger partial charge in [0, 0.05) is 25.9 Å². The van der Waals surface area contributed by atoms with Gasteiger partial charge in [0.15, 0.2) is 0 Å². The molecule has 0 bridgehead atoms. The number of nitrogens with zero attached hydrogens (tertiary/aromatic N) is 1. The lowest BCUT2D eigenvalue weighted by molar-refractivity contribution is 0.0337. The Hall–Kier alpha value is -1.62. The number of aliphatic hydroxyl groups is 1. The van der Waals surface area contributed by atoms with E-state index in [-0.39, 0.29) is 29.1 Å². The van der Waals surface area contributed by atoms with Crippen molar-refractivity contribution in [3.63, 3.8) is 0 Å². The predicted molar refractivity (Wildman–Crippen MR) is 72.0 cm³/mol. The average Bonchev–Trinajstić information content (AvgIpc) is 2.47. The highest BCUT2D eigenvalue weighted by molar-refractivity contribution is 5.93. The molecule has 2 rings (SSSR count). The minimum atomic E-state index is -0.345. The first-order valence-corrected chi connectivity index (χ1v) is 6.70. The van der Waals surface area contributed by atoms with Crippen LogP contribution in [0.25, 0.3) is 0 Å². The zero-order valence-corrected chi connectivity index (χ0v) is 11.2. The van der Waals surface area contributed by atoms with Crippen LogP contribution in [0.4, 0.5) is 0 Å². The van der Waals surface area contributed by atoms with Gasteiger partial charge in [-0.3, -0.25) is 9.59 Å². The molecule has 1 aliphatic heterocycles. The number of pyridine rings is 1. The number of hydrogen-bond donors (Lipinski definition) is 2. The number of aromatic nitrogens is 1. The monoisotopic (exact) mass is 264 g/mol. The van der Waals surface area contributed by atoms with E-state index in [4.69, 9.17) is 0 Å². The highest BCUT2D eigenvalue weighted by Crippen LogP contribution is 2.34. The Balaban J connectivity index is 2.08. The standard InChI is InChI=1S/C14H20N2O3/c1-2-14(10-17)5-8-16(9-6-14)13(19)11-4-3-7-15-12(11)18/h3-4,7,17H,2,5-6,8-10H2,1H3,(H,15,18). The quantitative estimate of drug-likeness (QED) is 0.855. The van der Waals surface area contributed by atoms with Crippen molar-refractivity contribution in [1.82, 2.24) is 9.88 Å². The summed E-state index contributed by atoms with van der Waals surface area (Å²) in [5.41, 5.74) is -0.211. The summed E-state index contributed by atoms with van der Waals surface area (Å²) in [6, 6.07) is 3.21. The van der Waals surface area contributed by atoms with E-state index in [1.165, 1.54) is 6.20 Å². The molecule has 0 aromatic carbocycles. The molecule has 1 aromatic heterocycles. The van der Waals surface area contributed by atoms with E-state index in [1.807, 2.05) is 0 Å². The molecule has 2 N–H and O–H groups in total. The molecular formula is C14H20N2O3. The van der Waals surface area contributed by atoms with Crippen molar-refractivity contribution in [1.29, 1.82) is 0 Å². The molecule has 5 heteroatoms. The summed E-state index contributed by atoms with van der Waals surface area (Å²) in [5, 5.41) is 9.47. The second-order valence-electron chi connectivity index (χ2n) is 5.22. The summed E-state index contributed by atoms with van der Waals surface area (Å²) >= 11 is 0. The molecule has 1 saturated heterocycles. The van der Waals surface area contributed by atoms with Gasteiger partial charge in [-0.05, 0) is 36.8 Å².